The smallest absolute Gasteiger partial charge is 0.180 e. The van der Waals surface area contributed by atoms with Gasteiger partial charge in [-0.05, 0) is 59.7 Å². The second kappa shape index (κ2) is 11.0. The molecule has 0 atom stereocenters. The predicted molar refractivity (Wildman–Crippen MR) is 131 cm³/mol. The van der Waals surface area contributed by atoms with Crippen LogP contribution in [0.5, 0.6) is 0 Å². The van der Waals surface area contributed by atoms with Crippen molar-refractivity contribution in [3.8, 4) is 22.5 Å². The number of rotatable bonds is 5. The van der Waals surface area contributed by atoms with Crippen LogP contribution in [0.25, 0.3) is 22.5 Å². The molecule has 2 heterocycles. The first-order valence-electron chi connectivity index (χ1n) is 11.3. The number of aromatic amines is 1. The Balaban J connectivity index is 0.00000259. The van der Waals surface area contributed by atoms with Gasteiger partial charge in [-0.2, -0.15) is 0 Å². The molecule has 0 amide bonds. The van der Waals surface area contributed by atoms with E-state index in [0.29, 0.717) is 5.82 Å². The van der Waals surface area contributed by atoms with E-state index < -0.39 is 0 Å². The van der Waals surface area contributed by atoms with Crippen molar-refractivity contribution >= 4 is 35.4 Å². The first-order valence-corrected chi connectivity index (χ1v) is 11.3. The monoisotopic (exact) mass is 448 g/mol. The number of H-pyrrole nitrogens is 1. The first kappa shape index (κ1) is 23.5. The zero-order valence-electron chi connectivity index (χ0n) is 19.3. The van der Waals surface area contributed by atoms with Crippen LogP contribution in [0.15, 0.2) is 48.5 Å². The standard InChI is InChI=1S/C25H27N7.Na/c1-17-27-23-11-5-3-2-4-10-22(23)24(28-17)26-16-18-12-14-19(15-13-18)20-8-6-7-9-21(20)25-29-31-32-30-25;/h6-9,12-15H,2-5,10-11,16H2,1H3,(H,26,27,28)(H,29,30,31,32);. The first-order chi connectivity index (χ1) is 15.8. The molecule has 1 aliphatic rings. The van der Waals surface area contributed by atoms with Crippen molar-refractivity contribution < 1.29 is 0 Å². The molecule has 0 saturated carbocycles. The third kappa shape index (κ3) is 5.49. The van der Waals surface area contributed by atoms with E-state index in [-0.39, 0.29) is 29.6 Å². The van der Waals surface area contributed by atoms with Crippen LogP contribution in [0, 0.1) is 6.92 Å². The number of aryl methyl sites for hydroxylation is 2. The fourth-order valence-corrected chi connectivity index (χ4v) is 4.42. The summed E-state index contributed by atoms with van der Waals surface area (Å²) in [6.45, 7) is 2.72. The van der Waals surface area contributed by atoms with E-state index in [0.717, 1.165) is 47.7 Å². The molecular formula is C25H27N7Na. The van der Waals surface area contributed by atoms with Gasteiger partial charge in [-0.25, -0.2) is 15.1 Å². The number of nitrogens with zero attached hydrogens (tertiary/aromatic N) is 5. The summed E-state index contributed by atoms with van der Waals surface area (Å²) in [5.41, 5.74) is 6.96. The summed E-state index contributed by atoms with van der Waals surface area (Å²) in [6.07, 6.45) is 7.14. The molecule has 0 fully saturated rings. The quantitative estimate of drug-likeness (QED) is 0.436. The summed E-state index contributed by atoms with van der Waals surface area (Å²) in [4.78, 5) is 9.47. The number of nitrogens with one attached hydrogen (secondary N) is 2. The van der Waals surface area contributed by atoms with Crippen LogP contribution in [0.3, 0.4) is 0 Å². The van der Waals surface area contributed by atoms with Gasteiger partial charge in [0.2, 0.25) is 0 Å². The summed E-state index contributed by atoms with van der Waals surface area (Å²) in [5.74, 6) is 2.52. The largest absolute Gasteiger partial charge is 0.366 e. The molecule has 0 unspecified atom stereocenters. The molecule has 2 aromatic heterocycles. The topological polar surface area (TPSA) is 92.3 Å². The summed E-state index contributed by atoms with van der Waals surface area (Å²) >= 11 is 0. The second-order valence-corrected chi connectivity index (χ2v) is 8.30. The van der Waals surface area contributed by atoms with Crippen LogP contribution in [0.4, 0.5) is 5.82 Å². The van der Waals surface area contributed by atoms with Crippen LogP contribution in [-0.4, -0.2) is 60.1 Å². The Morgan fingerprint density at radius 1 is 0.879 bits per heavy atom. The number of anilines is 1. The van der Waals surface area contributed by atoms with Crippen LogP contribution in [0.1, 0.15) is 48.3 Å². The molecule has 4 aromatic rings. The average Bonchev–Trinajstić information content (AvgIpc) is 3.34. The van der Waals surface area contributed by atoms with E-state index in [1.807, 2.05) is 25.1 Å². The van der Waals surface area contributed by atoms with Crippen LogP contribution in [0.2, 0.25) is 0 Å². The van der Waals surface area contributed by atoms with Gasteiger partial charge in [-0.3, -0.25) is 0 Å². The maximum absolute atomic E-state index is 4.74. The molecule has 0 spiro atoms. The minimum absolute atomic E-state index is 0. The van der Waals surface area contributed by atoms with Crippen molar-refractivity contribution in [1.29, 1.82) is 0 Å². The van der Waals surface area contributed by atoms with Gasteiger partial charge >= 0.3 is 0 Å². The fraction of sp³-hybridized carbons (Fsp3) is 0.320. The predicted octanol–water partition coefficient (Wildman–Crippen LogP) is 4.52. The van der Waals surface area contributed by atoms with Crippen LogP contribution < -0.4 is 5.32 Å². The molecule has 5 rings (SSSR count). The number of hydrogen-bond acceptors (Lipinski definition) is 6. The van der Waals surface area contributed by atoms with Crippen molar-refractivity contribution in [2.75, 3.05) is 5.32 Å². The Hall–Kier alpha value is -2.61. The Morgan fingerprint density at radius 3 is 2.39 bits per heavy atom. The van der Waals surface area contributed by atoms with E-state index in [4.69, 9.17) is 9.97 Å². The van der Waals surface area contributed by atoms with E-state index in [9.17, 15) is 0 Å². The molecule has 1 aliphatic carbocycles. The number of aromatic nitrogens is 6. The van der Waals surface area contributed by atoms with E-state index >= 15 is 0 Å². The average molecular weight is 449 g/mol. The normalized spacial score (nSPS) is 13.4. The van der Waals surface area contributed by atoms with Gasteiger partial charge < -0.3 is 5.32 Å². The number of benzene rings is 2. The molecule has 0 saturated heterocycles. The molecule has 2 N–H and O–H groups in total. The summed E-state index contributed by atoms with van der Waals surface area (Å²) in [5, 5.41) is 17.9. The molecule has 2 aromatic carbocycles. The van der Waals surface area contributed by atoms with E-state index in [1.165, 1.54) is 42.5 Å². The van der Waals surface area contributed by atoms with Gasteiger partial charge in [-0.1, -0.05) is 61.4 Å². The molecule has 0 bridgehead atoms. The molecule has 33 heavy (non-hydrogen) atoms. The third-order valence-corrected chi connectivity index (χ3v) is 6.05. The van der Waals surface area contributed by atoms with Gasteiger partial charge in [0, 0.05) is 52.9 Å². The Kier molecular flexibility index (Phi) is 7.85. The van der Waals surface area contributed by atoms with Crippen molar-refractivity contribution in [3.05, 3.63) is 71.2 Å². The van der Waals surface area contributed by atoms with Crippen molar-refractivity contribution in [2.24, 2.45) is 0 Å². The van der Waals surface area contributed by atoms with E-state index in [1.54, 1.807) is 0 Å². The molecule has 0 aliphatic heterocycles. The zero-order valence-corrected chi connectivity index (χ0v) is 21.3. The third-order valence-electron chi connectivity index (χ3n) is 6.05. The number of fused-ring (bicyclic) bond motifs is 1. The van der Waals surface area contributed by atoms with Gasteiger partial charge in [-0.15, -0.1) is 5.10 Å². The second-order valence-electron chi connectivity index (χ2n) is 8.30. The maximum atomic E-state index is 4.74. The zero-order chi connectivity index (χ0) is 21.8. The van der Waals surface area contributed by atoms with Gasteiger partial charge in [0.25, 0.3) is 0 Å². The van der Waals surface area contributed by atoms with Crippen molar-refractivity contribution in [2.45, 2.75) is 52.0 Å². The van der Waals surface area contributed by atoms with Crippen LogP contribution >= 0.6 is 0 Å². The van der Waals surface area contributed by atoms with Crippen LogP contribution in [-0.2, 0) is 19.4 Å². The van der Waals surface area contributed by atoms with Crippen molar-refractivity contribution in [3.63, 3.8) is 0 Å². The van der Waals surface area contributed by atoms with Crippen molar-refractivity contribution in [1.82, 2.24) is 30.6 Å². The molecule has 7 nitrogen and oxygen atoms in total. The number of hydrogen-bond donors (Lipinski definition) is 2. The van der Waals surface area contributed by atoms with Gasteiger partial charge in [0.05, 0.1) is 0 Å². The number of tetrazole rings is 1. The molecular weight excluding hydrogens is 421 g/mol. The minimum atomic E-state index is 0. The Bertz CT molecular complexity index is 1190. The summed E-state index contributed by atoms with van der Waals surface area (Å²) < 4.78 is 0. The van der Waals surface area contributed by atoms with Gasteiger partial charge in [0.15, 0.2) is 5.82 Å². The molecule has 1 radical (unpaired) electrons. The van der Waals surface area contributed by atoms with E-state index in [2.05, 4.69) is 56.3 Å². The fourth-order valence-electron chi connectivity index (χ4n) is 4.42. The maximum Gasteiger partial charge on any atom is 0.180 e. The van der Waals surface area contributed by atoms with Gasteiger partial charge in [0.1, 0.15) is 11.6 Å². The Morgan fingerprint density at radius 2 is 1.64 bits per heavy atom. The molecule has 8 heteroatoms. The summed E-state index contributed by atoms with van der Waals surface area (Å²) in [6, 6.07) is 16.8. The Labute approximate surface area is 216 Å². The molecule has 163 valence electrons. The summed E-state index contributed by atoms with van der Waals surface area (Å²) in [7, 11) is 0. The SMILES string of the molecule is Cc1nc2c(c(NCc3ccc(-c4ccccc4-c4nnn[nH]4)cc3)n1)CCCCCC2.[Na]. The minimum Gasteiger partial charge on any atom is -0.366 e.